The molecule has 0 aliphatic carbocycles. The summed E-state index contributed by atoms with van der Waals surface area (Å²) < 4.78 is 25.3. The second-order valence-electron chi connectivity index (χ2n) is 12.4. The Labute approximate surface area is 317 Å². The van der Waals surface area contributed by atoms with Crippen LogP contribution in [0.5, 0.6) is 0 Å². The van der Waals surface area contributed by atoms with E-state index in [2.05, 4.69) is 0 Å². The fraction of sp³-hybridized carbons (Fsp3) is 0.268. The van der Waals surface area contributed by atoms with Gasteiger partial charge >= 0.3 is 11.9 Å². The van der Waals surface area contributed by atoms with Crippen LogP contribution in [0, 0.1) is 11.8 Å². The Balaban J connectivity index is 1.67. The van der Waals surface area contributed by atoms with Gasteiger partial charge < -0.3 is 18.9 Å². The molecular weight excluding hydrogens is 730 g/mol. The van der Waals surface area contributed by atoms with Crippen LogP contribution in [0.25, 0.3) is 0 Å². The highest BCUT2D eigenvalue weighted by Crippen LogP contribution is 2.60. The fourth-order valence-electron chi connectivity index (χ4n) is 7.59. The van der Waals surface area contributed by atoms with Crippen LogP contribution < -0.4 is 0 Å². The third kappa shape index (κ3) is 6.64. The van der Waals surface area contributed by atoms with E-state index in [0.717, 1.165) is 22.3 Å². The second kappa shape index (κ2) is 15.0. The van der Waals surface area contributed by atoms with Crippen molar-refractivity contribution in [1.29, 1.82) is 0 Å². The number of ether oxygens (including phenoxy) is 4. The Morgan fingerprint density at radius 1 is 0.529 bits per heavy atom. The van der Waals surface area contributed by atoms with Crippen molar-refractivity contribution < 1.29 is 28.5 Å². The number of hydrogen-bond acceptors (Lipinski definition) is 6. The first kappa shape index (κ1) is 36.8. The van der Waals surface area contributed by atoms with Gasteiger partial charge in [0.1, 0.15) is 11.5 Å². The summed E-state index contributed by atoms with van der Waals surface area (Å²) in [6.07, 6.45) is 0.160. The molecule has 0 amide bonds. The van der Waals surface area contributed by atoms with Crippen molar-refractivity contribution in [3.05, 3.63) is 162 Å². The lowest BCUT2D eigenvalue weighted by Crippen LogP contribution is -2.43. The van der Waals surface area contributed by atoms with Crippen LogP contribution in [0.3, 0.4) is 0 Å². The van der Waals surface area contributed by atoms with Crippen molar-refractivity contribution in [3.63, 3.8) is 0 Å². The lowest BCUT2D eigenvalue weighted by Gasteiger charge is -2.42. The topological polar surface area (TPSA) is 71.1 Å². The standard InChI is InChI=1S/C41H36Cl4O6/c1-5-48-38(46)36-24(3)50-40(26-7-15-30(42)16-8-26,27-9-17-31(43)18-10-27)34(36)23-35-37(39(47)49-6-2)25(4)51-41(35,28-11-19-32(44)20-12-28)29-13-21-33(45)22-14-29/h7-22,34-35H,5-6,23H2,1-4H3. The zero-order chi connectivity index (χ0) is 36.5. The maximum atomic E-state index is 14.1. The van der Waals surface area contributed by atoms with Gasteiger partial charge in [0.2, 0.25) is 0 Å². The molecule has 0 aromatic heterocycles. The van der Waals surface area contributed by atoms with E-state index >= 15 is 0 Å². The number of esters is 2. The molecular formula is C41H36Cl4O6. The Hall–Kier alpha value is -3.94. The minimum atomic E-state index is -1.29. The number of hydrogen-bond donors (Lipinski definition) is 0. The minimum absolute atomic E-state index is 0.149. The summed E-state index contributed by atoms with van der Waals surface area (Å²) >= 11 is 25.7. The van der Waals surface area contributed by atoms with Gasteiger partial charge in [0.05, 0.1) is 24.4 Å². The van der Waals surface area contributed by atoms with Gasteiger partial charge in [-0.1, -0.05) is 94.9 Å². The molecule has 0 spiro atoms. The highest BCUT2D eigenvalue weighted by atomic mass is 35.5. The molecule has 2 heterocycles. The molecule has 2 unspecified atom stereocenters. The van der Waals surface area contributed by atoms with Gasteiger partial charge in [-0.2, -0.15) is 0 Å². The molecule has 0 N–H and O–H groups in total. The average Bonchev–Trinajstić information content (AvgIpc) is 3.57. The highest BCUT2D eigenvalue weighted by molar-refractivity contribution is 6.31. The molecule has 10 heteroatoms. The smallest absolute Gasteiger partial charge is 0.337 e. The Morgan fingerprint density at radius 2 is 0.784 bits per heavy atom. The fourth-order valence-corrected chi connectivity index (χ4v) is 8.09. The van der Waals surface area contributed by atoms with Gasteiger partial charge in [0.25, 0.3) is 0 Å². The van der Waals surface area contributed by atoms with Crippen LogP contribution in [0.2, 0.25) is 20.1 Å². The van der Waals surface area contributed by atoms with Crippen LogP contribution in [-0.2, 0) is 39.7 Å². The van der Waals surface area contributed by atoms with Crippen molar-refractivity contribution in [2.45, 2.75) is 45.3 Å². The third-order valence-electron chi connectivity index (χ3n) is 9.62. The van der Waals surface area contributed by atoms with Gasteiger partial charge in [-0.3, -0.25) is 0 Å². The molecule has 51 heavy (non-hydrogen) atoms. The summed E-state index contributed by atoms with van der Waals surface area (Å²) in [5.41, 5.74) is 1.05. The van der Waals surface area contributed by atoms with E-state index in [9.17, 15) is 9.59 Å². The number of allylic oxidation sites excluding steroid dienone is 2. The second-order valence-corrected chi connectivity index (χ2v) is 14.2. The summed E-state index contributed by atoms with van der Waals surface area (Å²) in [6.45, 7) is 7.33. The maximum Gasteiger partial charge on any atom is 0.337 e. The lowest BCUT2D eigenvalue weighted by atomic mass is 9.64. The predicted octanol–water partition coefficient (Wildman–Crippen LogP) is 10.8. The van der Waals surface area contributed by atoms with E-state index in [4.69, 9.17) is 65.4 Å². The number of benzene rings is 4. The lowest BCUT2D eigenvalue weighted by molar-refractivity contribution is -0.139. The van der Waals surface area contributed by atoms with E-state index < -0.39 is 35.0 Å². The Morgan fingerprint density at radius 3 is 1.02 bits per heavy atom. The molecule has 6 nitrogen and oxygen atoms in total. The van der Waals surface area contributed by atoms with Gasteiger partial charge in [-0.25, -0.2) is 9.59 Å². The zero-order valence-electron chi connectivity index (χ0n) is 28.5. The Kier molecular flexibility index (Phi) is 10.8. The molecule has 4 aromatic carbocycles. The van der Waals surface area contributed by atoms with Crippen molar-refractivity contribution in [2.75, 3.05) is 13.2 Å². The van der Waals surface area contributed by atoms with E-state index in [-0.39, 0.29) is 19.6 Å². The number of carbonyl (C=O) groups excluding carboxylic acids is 2. The molecule has 0 saturated carbocycles. The quantitative estimate of drug-likeness (QED) is 0.150. The van der Waals surface area contributed by atoms with Gasteiger partial charge in [-0.05, 0) is 82.6 Å². The molecule has 2 aliphatic rings. The Bertz CT molecular complexity index is 1750. The summed E-state index contributed by atoms with van der Waals surface area (Å²) in [6, 6.07) is 29.3. The van der Waals surface area contributed by atoms with Gasteiger partial charge in [0, 0.05) is 54.2 Å². The first-order chi connectivity index (χ1) is 24.5. The van der Waals surface area contributed by atoms with E-state index in [1.165, 1.54) is 0 Å². The number of rotatable bonds is 10. The van der Waals surface area contributed by atoms with Crippen LogP contribution in [-0.4, -0.2) is 25.2 Å². The average molecular weight is 767 g/mol. The number of halogens is 4. The summed E-state index contributed by atoms with van der Waals surface area (Å²) in [4.78, 5) is 28.2. The minimum Gasteiger partial charge on any atom is -0.481 e. The van der Waals surface area contributed by atoms with Crippen molar-refractivity contribution >= 4 is 58.3 Å². The monoisotopic (exact) mass is 764 g/mol. The van der Waals surface area contributed by atoms with Crippen LogP contribution >= 0.6 is 46.4 Å². The molecule has 2 atom stereocenters. The summed E-state index contributed by atoms with van der Waals surface area (Å²) in [5, 5.41) is 2.14. The van der Waals surface area contributed by atoms with Crippen molar-refractivity contribution in [2.24, 2.45) is 11.8 Å². The summed E-state index contributed by atoms with van der Waals surface area (Å²) in [7, 11) is 0. The third-order valence-corrected chi connectivity index (χ3v) is 10.6. The van der Waals surface area contributed by atoms with Crippen LogP contribution in [0.4, 0.5) is 0 Å². The van der Waals surface area contributed by atoms with E-state index in [0.29, 0.717) is 42.8 Å². The van der Waals surface area contributed by atoms with Crippen molar-refractivity contribution in [1.82, 2.24) is 0 Å². The normalized spacial score (nSPS) is 19.1. The predicted molar refractivity (Wildman–Crippen MR) is 200 cm³/mol. The highest BCUT2D eigenvalue weighted by Gasteiger charge is 2.60. The summed E-state index contributed by atoms with van der Waals surface area (Å²) in [5.74, 6) is -1.73. The maximum absolute atomic E-state index is 14.1. The SMILES string of the molecule is CCOC(=O)C1=C(C)OC(c2ccc(Cl)cc2)(c2ccc(Cl)cc2)C1CC1C(C(=O)OCC)=C(C)OC1(c1ccc(Cl)cc1)c1ccc(Cl)cc1. The molecule has 0 bridgehead atoms. The molecule has 0 saturated heterocycles. The van der Waals surface area contributed by atoms with Crippen LogP contribution in [0.15, 0.2) is 120 Å². The molecule has 6 rings (SSSR count). The molecule has 0 fully saturated rings. The largest absolute Gasteiger partial charge is 0.481 e. The first-order valence-corrected chi connectivity index (χ1v) is 18.1. The van der Waals surface area contributed by atoms with Gasteiger partial charge in [-0.15, -0.1) is 0 Å². The van der Waals surface area contributed by atoms with Crippen molar-refractivity contribution in [3.8, 4) is 0 Å². The van der Waals surface area contributed by atoms with Crippen LogP contribution in [0.1, 0.15) is 56.4 Å². The number of carbonyl (C=O) groups is 2. The molecule has 264 valence electrons. The first-order valence-electron chi connectivity index (χ1n) is 16.6. The van der Waals surface area contributed by atoms with E-state index in [1.54, 1.807) is 76.2 Å². The zero-order valence-corrected chi connectivity index (χ0v) is 31.5. The van der Waals surface area contributed by atoms with Gasteiger partial charge in [0.15, 0.2) is 11.2 Å². The molecule has 4 aromatic rings. The molecule has 0 radical (unpaired) electrons. The molecule has 2 aliphatic heterocycles. The van der Waals surface area contributed by atoms with E-state index in [1.807, 2.05) is 48.5 Å².